The van der Waals surface area contributed by atoms with E-state index < -0.39 is 21.2 Å². The van der Waals surface area contributed by atoms with E-state index in [9.17, 15) is 18.0 Å². The molecule has 5 aliphatic rings. The molecule has 0 aromatic carbocycles. The van der Waals surface area contributed by atoms with Gasteiger partial charge >= 0.3 is 6.03 Å². The van der Waals surface area contributed by atoms with Crippen molar-refractivity contribution in [2.24, 2.45) is 17.8 Å². The van der Waals surface area contributed by atoms with E-state index in [0.717, 1.165) is 38.8 Å². The zero-order valence-electron chi connectivity index (χ0n) is 18.5. The molecule has 10 heteroatoms. The Balaban J connectivity index is 1.35. The lowest BCUT2D eigenvalue weighted by Gasteiger charge is -2.48. The van der Waals surface area contributed by atoms with Crippen molar-refractivity contribution in [3.63, 3.8) is 0 Å². The summed E-state index contributed by atoms with van der Waals surface area (Å²) in [5.41, 5.74) is 2.92. The number of sulfonamides is 1. The minimum atomic E-state index is -3.48. The Morgan fingerprint density at radius 2 is 1.84 bits per heavy atom. The summed E-state index contributed by atoms with van der Waals surface area (Å²) in [5, 5.41) is 1.43. The number of carbonyl (C=O) groups excluding carboxylic acids is 2. The molecule has 3 aliphatic carbocycles. The van der Waals surface area contributed by atoms with Crippen molar-refractivity contribution in [3.05, 3.63) is 0 Å². The summed E-state index contributed by atoms with van der Waals surface area (Å²) in [6.07, 6.45) is 5.39. The highest BCUT2D eigenvalue weighted by atomic mass is 32.2. The minimum Gasteiger partial charge on any atom is -0.320 e. The molecule has 0 spiro atoms. The third kappa shape index (κ3) is 4.36. The van der Waals surface area contributed by atoms with E-state index in [-0.39, 0.29) is 29.4 Å². The molecule has 9 nitrogen and oxygen atoms in total. The number of nitrogens with zero attached hydrogens (tertiary/aromatic N) is 3. The Bertz CT molecular complexity index is 856. The largest absolute Gasteiger partial charge is 0.326 e. The van der Waals surface area contributed by atoms with E-state index in [1.165, 1.54) is 4.90 Å². The van der Waals surface area contributed by atoms with Crippen molar-refractivity contribution in [1.82, 2.24) is 25.0 Å². The maximum Gasteiger partial charge on any atom is 0.326 e. The average Bonchev–Trinajstić information content (AvgIpc) is 3.63. The fraction of sp³-hybridized carbons (Fsp3) is 0.905. The van der Waals surface area contributed by atoms with Gasteiger partial charge in [0.15, 0.2) is 0 Å². The molecule has 0 bridgehead atoms. The smallest absolute Gasteiger partial charge is 0.320 e. The Morgan fingerprint density at radius 1 is 1.10 bits per heavy atom. The molecule has 5 rings (SSSR count). The van der Waals surface area contributed by atoms with Gasteiger partial charge in [-0.2, -0.15) is 0 Å². The summed E-state index contributed by atoms with van der Waals surface area (Å²) in [5.74, 6) is 0.119. The van der Waals surface area contributed by atoms with Crippen LogP contribution < -0.4 is 10.1 Å². The first-order chi connectivity index (χ1) is 14.7. The first-order valence-electron chi connectivity index (χ1n) is 11.7. The van der Waals surface area contributed by atoms with Crippen LogP contribution in [0, 0.1) is 17.8 Å². The maximum atomic E-state index is 13.5. The van der Waals surface area contributed by atoms with Gasteiger partial charge in [0.05, 0.1) is 11.2 Å². The van der Waals surface area contributed by atoms with Crippen LogP contribution in [0.2, 0.25) is 0 Å². The molecule has 2 aliphatic heterocycles. The fourth-order valence-electron chi connectivity index (χ4n) is 5.49. The lowest BCUT2D eigenvalue weighted by molar-refractivity contribution is -0.141. The standard InChI is InChI=1S/C21H35N5O4S/c1-21(7-8-21)23-31(29,30)16-5-6-18-17(9-16)19(27)26(13-15-10-22-24(2)11-15)20(28)25(18)12-14-3-4-14/h14-18,22-23H,3-13H2,1-2H3. The molecule has 174 valence electrons. The molecule has 5 fully saturated rings. The van der Waals surface area contributed by atoms with E-state index >= 15 is 0 Å². The topological polar surface area (TPSA) is 102 Å². The van der Waals surface area contributed by atoms with E-state index in [2.05, 4.69) is 10.1 Å². The molecule has 4 unspecified atom stereocenters. The number of urea groups is 1. The van der Waals surface area contributed by atoms with Crippen molar-refractivity contribution in [2.45, 2.75) is 68.7 Å². The first-order valence-corrected chi connectivity index (χ1v) is 13.3. The summed E-state index contributed by atoms with van der Waals surface area (Å²) < 4.78 is 28.9. The van der Waals surface area contributed by atoms with Crippen LogP contribution >= 0.6 is 0 Å². The second-order valence-corrected chi connectivity index (χ2v) is 12.7. The zero-order chi connectivity index (χ0) is 22.0. The molecule has 2 N–H and O–H groups in total. The van der Waals surface area contributed by atoms with E-state index in [4.69, 9.17) is 0 Å². The number of amides is 3. The monoisotopic (exact) mass is 453 g/mol. The van der Waals surface area contributed by atoms with Crippen LogP contribution in [-0.4, -0.2) is 85.2 Å². The average molecular weight is 454 g/mol. The minimum absolute atomic E-state index is 0.163. The van der Waals surface area contributed by atoms with Gasteiger partial charge in [0, 0.05) is 50.7 Å². The van der Waals surface area contributed by atoms with Gasteiger partial charge in [-0.3, -0.25) is 15.1 Å². The van der Waals surface area contributed by atoms with E-state index in [1.807, 2.05) is 23.9 Å². The number of rotatable bonds is 7. The van der Waals surface area contributed by atoms with Crippen molar-refractivity contribution in [2.75, 3.05) is 33.2 Å². The van der Waals surface area contributed by atoms with Crippen molar-refractivity contribution >= 4 is 22.0 Å². The normalized spacial score (nSPS) is 36.1. The van der Waals surface area contributed by atoms with Crippen LogP contribution in [-0.2, 0) is 14.8 Å². The lowest BCUT2D eigenvalue weighted by atomic mass is 9.80. The Morgan fingerprint density at radius 3 is 2.45 bits per heavy atom. The molecule has 4 atom stereocenters. The number of nitrogens with one attached hydrogen (secondary N) is 2. The van der Waals surface area contributed by atoms with Gasteiger partial charge < -0.3 is 4.90 Å². The summed E-state index contributed by atoms with van der Waals surface area (Å²) in [4.78, 5) is 30.2. The van der Waals surface area contributed by atoms with Gasteiger partial charge in [0.2, 0.25) is 15.9 Å². The molecule has 3 amide bonds. The maximum absolute atomic E-state index is 13.5. The molecule has 2 saturated heterocycles. The van der Waals surface area contributed by atoms with Crippen LogP contribution in [0.5, 0.6) is 0 Å². The Kier molecular flexibility index (Phi) is 5.35. The van der Waals surface area contributed by atoms with Crippen molar-refractivity contribution in [3.8, 4) is 0 Å². The van der Waals surface area contributed by atoms with Crippen LogP contribution in [0.25, 0.3) is 0 Å². The highest BCUT2D eigenvalue weighted by molar-refractivity contribution is 7.90. The molecule has 0 aromatic heterocycles. The number of hydrogen-bond donors (Lipinski definition) is 2. The van der Waals surface area contributed by atoms with Gasteiger partial charge in [-0.15, -0.1) is 0 Å². The third-order valence-corrected chi connectivity index (χ3v) is 9.91. The summed E-state index contributed by atoms with van der Waals surface area (Å²) in [7, 11) is -1.52. The van der Waals surface area contributed by atoms with E-state index in [0.29, 0.717) is 38.3 Å². The van der Waals surface area contributed by atoms with Crippen molar-refractivity contribution in [1.29, 1.82) is 0 Å². The summed E-state index contributed by atoms with van der Waals surface area (Å²) in [6.45, 7) is 4.55. The lowest BCUT2D eigenvalue weighted by Crippen LogP contribution is -2.65. The Hall–Kier alpha value is -1.23. The zero-order valence-corrected chi connectivity index (χ0v) is 19.4. The molecule has 0 radical (unpaired) electrons. The number of hydrogen-bond acceptors (Lipinski definition) is 6. The second-order valence-electron chi connectivity index (χ2n) is 10.8. The predicted octanol–water partition coefficient (Wildman–Crippen LogP) is 0.736. The van der Waals surface area contributed by atoms with Crippen LogP contribution in [0.4, 0.5) is 4.79 Å². The van der Waals surface area contributed by atoms with Gasteiger partial charge in [-0.1, -0.05) is 0 Å². The van der Waals surface area contributed by atoms with Gasteiger partial charge in [0.1, 0.15) is 0 Å². The van der Waals surface area contributed by atoms with Gasteiger partial charge in [-0.05, 0) is 57.8 Å². The summed E-state index contributed by atoms with van der Waals surface area (Å²) >= 11 is 0. The fourth-order valence-corrected chi connectivity index (χ4v) is 7.45. The Labute approximate surface area is 184 Å². The van der Waals surface area contributed by atoms with Gasteiger partial charge in [-0.25, -0.2) is 22.9 Å². The summed E-state index contributed by atoms with van der Waals surface area (Å²) in [6, 6.07) is -0.332. The SMILES string of the molecule is CN1CC(CN2C(=O)C3CC(S(=O)(=O)NC4(C)CC4)CCC3N(CC3CC3)C2=O)CN1. The number of hydrazine groups is 1. The molecular formula is C21H35N5O4S. The molecular weight excluding hydrogens is 418 g/mol. The highest BCUT2D eigenvalue weighted by Gasteiger charge is 2.53. The predicted molar refractivity (Wildman–Crippen MR) is 115 cm³/mol. The first kappa shape index (κ1) is 21.6. The van der Waals surface area contributed by atoms with Gasteiger partial charge in [0.25, 0.3) is 0 Å². The van der Waals surface area contributed by atoms with Crippen molar-refractivity contribution < 1.29 is 18.0 Å². The van der Waals surface area contributed by atoms with Crippen LogP contribution in [0.3, 0.4) is 0 Å². The highest BCUT2D eigenvalue weighted by Crippen LogP contribution is 2.41. The molecule has 2 heterocycles. The van der Waals surface area contributed by atoms with Crippen LogP contribution in [0.1, 0.15) is 51.9 Å². The van der Waals surface area contributed by atoms with Crippen LogP contribution in [0.15, 0.2) is 0 Å². The molecule has 0 aromatic rings. The number of carbonyl (C=O) groups is 2. The quantitative estimate of drug-likeness (QED) is 0.589. The number of fused-ring (bicyclic) bond motifs is 1. The third-order valence-electron chi connectivity index (χ3n) is 7.83. The molecule has 3 saturated carbocycles. The second kappa shape index (κ2) is 7.67. The number of imide groups is 1. The molecule has 31 heavy (non-hydrogen) atoms. The van der Waals surface area contributed by atoms with E-state index in [1.54, 1.807) is 0 Å².